The molecule has 3 heterocycles. The van der Waals surface area contributed by atoms with Gasteiger partial charge < -0.3 is 5.73 Å². The molecule has 0 bridgehead atoms. The van der Waals surface area contributed by atoms with Crippen LogP contribution in [-0.2, 0) is 9.84 Å². The summed E-state index contributed by atoms with van der Waals surface area (Å²) in [6.07, 6.45) is 3.21. The topological polar surface area (TPSA) is 120 Å². The minimum Gasteiger partial charge on any atom is -0.384 e. The molecule has 0 spiro atoms. The highest BCUT2D eigenvalue weighted by Crippen LogP contribution is 2.32. The van der Waals surface area contributed by atoms with Gasteiger partial charge in [0.2, 0.25) is 20.0 Å². The summed E-state index contributed by atoms with van der Waals surface area (Å²) in [4.78, 5) is 20.8. The number of para-hydroxylation sites is 1. The fourth-order valence-corrected chi connectivity index (χ4v) is 4.64. The zero-order valence-corrected chi connectivity index (χ0v) is 15.2. The van der Waals surface area contributed by atoms with E-state index >= 15 is 0 Å². The van der Waals surface area contributed by atoms with Crippen LogP contribution < -0.4 is 11.3 Å². The molecular weight excluding hydrogens is 374 g/mol. The summed E-state index contributed by atoms with van der Waals surface area (Å²) in [6, 6.07) is 7.48. The quantitative estimate of drug-likeness (QED) is 0.731. The van der Waals surface area contributed by atoms with Gasteiger partial charge in [-0.25, -0.2) is 12.8 Å². The molecule has 0 amide bonds. The predicted octanol–water partition coefficient (Wildman–Crippen LogP) is 1.78. The van der Waals surface area contributed by atoms with E-state index < -0.39 is 15.4 Å². The lowest BCUT2D eigenvalue weighted by Crippen LogP contribution is -2.19. The molecule has 4 rings (SSSR count). The number of nitrogens with two attached hydrogens (primary N) is 1. The molecular formula is C16H13N5O3S2. The average Bonchev–Trinajstić information content (AvgIpc) is 3.23. The third-order valence-electron chi connectivity index (χ3n) is 4.05. The van der Waals surface area contributed by atoms with Crippen molar-refractivity contribution in [3.8, 4) is 0 Å². The summed E-state index contributed by atoms with van der Waals surface area (Å²) in [5.74, 6) is -0.139. The standard InChI is InChI=1S/C16H13N5O3S2/c1-2-26(23,24)16-20-25-15-19-14(22)11(13(17)21(15)16)7-9-8-18-12-6-4-3-5-10(9)12/h3-8H,2,17H2,1H3/b9-7+. The number of nitrogen functional groups attached to an aromatic ring is 1. The van der Waals surface area contributed by atoms with Crippen molar-refractivity contribution in [2.45, 2.75) is 12.1 Å². The highest BCUT2D eigenvalue weighted by atomic mass is 32.2. The van der Waals surface area contributed by atoms with E-state index in [4.69, 9.17) is 5.73 Å². The number of sulfone groups is 1. The van der Waals surface area contributed by atoms with E-state index in [1.165, 1.54) is 11.3 Å². The lowest BCUT2D eigenvalue weighted by atomic mass is 10.1. The molecule has 0 atom stereocenters. The molecule has 1 aromatic carbocycles. The minimum absolute atomic E-state index is 0.00828. The fraction of sp³-hybridized carbons (Fsp3) is 0.125. The van der Waals surface area contributed by atoms with Crippen molar-refractivity contribution in [3.05, 3.63) is 45.7 Å². The van der Waals surface area contributed by atoms with Gasteiger partial charge in [-0.1, -0.05) is 25.1 Å². The molecule has 0 fully saturated rings. The number of rotatable bonds is 3. The summed E-state index contributed by atoms with van der Waals surface area (Å²) in [5.41, 5.74) is 8.07. The Balaban J connectivity index is 1.98. The highest BCUT2D eigenvalue weighted by Gasteiger charge is 2.24. The lowest BCUT2D eigenvalue weighted by molar-refractivity contribution is 0.588. The molecule has 1 aliphatic rings. The first kappa shape index (κ1) is 16.6. The van der Waals surface area contributed by atoms with Gasteiger partial charge in [-0.05, 0) is 12.1 Å². The first-order valence-electron chi connectivity index (χ1n) is 7.68. The largest absolute Gasteiger partial charge is 0.384 e. The maximum Gasteiger partial charge on any atom is 0.283 e. The van der Waals surface area contributed by atoms with Crippen LogP contribution in [0.2, 0.25) is 0 Å². The average molecular weight is 387 g/mol. The second-order valence-electron chi connectivity index (χ2n) is 5.58. The van der Waals surface area contributed by atoms with Gasteiger partial charge in [0.15, 0.2) is 0 Å². The van der Waals surface area contributed by atoms with Crippen LogP contribution in [0.15, 0.2) is 39.2 Å². The SMILES string of the molecule is CCS(=O)(=O)c1nsc2nc(=O)c(/C=C3\C=Nc4ccccc43)c(N)n12. The van der Waals surface area contributed by atoms with Crippen LogP contribution in [0.5, 0.6) is 0 Å². The summed E-state index contributed by atoms with van der Waals surface area (Å²) < 4.78 is 29.7. The number of anilines is 1. The zero-order chi connectivity index (χ0) is 18.5. The van der Waals surface area contributed by atoms with E-state index in [0.29, 0.717) is 5.57 Å². The van der Waals surface area contributed by atoms with E-state index in [-0.39, 0.29) is 27.3 Å². The molecule has 132 valence electrons. The molecule has 0 aliphatic carbocycles. The lowest BCUT2D eigenvalue weighted by Gasteiger charge is -2.06. The van der Waals surface area contributed by atoms with Gasteiger partial charge in [-0.2, -0.15) is 9.36 Å². The van der Waals surface area contributed by atoms with Crippen molar-refractivity contribution in [2.75, 3.05) is 11.5 Å². The van der Waals surface area contributed by atoms with E-state index in [1.807, 2.05) is 24.3 Å². The van der Waals surface area contributed by atoms with Crippen LogP contribution in [0.1, 0.15) is 18.1 Å². The summed E-state index contributed by atoms with van der Waals surface area (Å²) in [6.45, 7) is 1.52. The number of aliphatic imine (C=N–C) groups is 1. The van der Waals surface area contributed by atoms with Crippen LogP contribution in [0.3, 0.4) is 0 Å². The van der Waals surface area contributed by atoms with Crippen LogP contribution in [0, 0.1) is 0 Å². The Morgan fingerprint density at radius 2 is 2.08 bits per heavy atom. The highest BCUT2D eigenvalue weighted by molar-refractivity contribution is 7.91. The molecule has 0 radical (unpaired) electrons. The second-order valence-corrected chi connectivity index (χ2v) is 8.48. The molecule has 26 heavy (non-hydrogen) atoms. The van der Waals surface area contributed by atoms with E-state index in [9.17, 15) is 13.2 Å². The summed E-state index contributed by atoms with van der Waals surface area (Å²) in [5, 5.41) is -0.204. The van der Waals surface area contributed by atoms with E-state index in [0.717, 1.165) is 22.8 Å². The molecule has 3 aromatic rings. The maximum atomic E-state index is 12.4. The van der Waals surface area contributed by atoms with E-state index in [1.54, 1.807) is 12.3 Å². The Morgan fingerprint density at radius 1 is 1.31 bits per heavy atom. The number of nitrogens with zero attached hydrogens (tertiary/aromatic N) is 4. The van der Waals surface area contributed by atoms with Crippen molar-refractivity contribution < 1.29 is 8.42 Å². The molecule has 10 heteroatoms. The van der Waals surface area contributed by atoms with Crippen LogP contribution >= 0.6 is 11.5 Å². The Kier molecular flexibility index (Phi) is 3.74. The van der Waals surface area contributed by atoms with Crippen molar-refractivity contribution in [2.24, 2.45) is 4.99 Å². The van der Waals surface area contributed by atoms with E-state index in [2.05, 4.69) is 14.3 Å². The number of hydrogen-bond acceptors (Lipinski definition) is 8. The Labute approximate surface area is 152 Å². The zero-order valence-electron chi connectivity index (χ0n) is 13.6. The Morgan fingerprint density at radius 3 is 2.85 bits per heavy atom. The number of fused-ring (bicyclic) bond motifs is 2. The number of hydrogen-bond donors (Lipinski definition) is 1. The van der Waals surface area contributed by atoms with Crippen molar-refractivity contribution in [1.82, 2.24) is 13.8 Å². The van der Waals surface area contributed by atoms with Crippen LogP contribution in [0.25, 0.3) is 16.6 Å². The van der Waals surface area contributed by atoms with Gasteiger partial charge in [0.05, 0.1) is 17.0 Å². The second kappa shape index (κ2) is 5.85. The Bertz CT molecular complexity index is 1270. The first-order chi connectivity index (χ1) is 12.4. The number of benzene rings is 1. The normalized spacial score (nSPS) is 15.0. The molecule has 0 saturated carbocycles. The Hall–Kier alpha value is -2.85. The summed E-state index contributed by atoms with van der Waals surface area (Å²) >= 11 is 0.820. The number of allylic oxidation sites excluding steroid dienone is 1. The molecule has 0 unspecified atom stereocenters. The van der Waals surface area contributed by atoms with Gasteiger partial charge in [0.1, 0.15) is 5.82 Å². The van der Waals surface area contributed by atoms with Crippen molar-refractivity contribution in [1.29, 1.82) is 0 Å². The van der Waals surface area contributed by atoms with Gasteiger partial charge in [-0.3, -0.25) is 9.79 Å². The van der Waals surface area contributed by atoms with Crippen molar-refractivity contribution in [3.63, 3.8) is 0 Å². The van der Waals surface area contributed by atoms with Gasteiger partial charge in [0.25, 0.3) is 5.56 Å². The smallest absolute Gasteiger partial charge is 0.283 e. The summed E-state index contributed by atoms with van der Waals surface area (Å²) in [7, 11) is -3.62. The fourth-order valence-electron chi connectivity index (χ4n) is 2.67. The third-order valence-corrected chi connectivity index (χ3v) is 6.46. The van der Waals surface area contributed by atoms with Crippen LogP contribution in [-0.4, -0.2) is 34.1 Å². The third kappa shape index (κ3) is 2.45. The van der Waals surface area contributed by atoms with Crippen molar-refractivity contribution >= 4 is 55.7 Å². The molecule has 2 aromatic heterocycles. The van der Waals surface area contributed by atoms with Gasteiger partial charge >= 0.3 is 0 Å². The monoisotopic (exact) mass is 387 g/mol. The minimum atomic E-state index is -3.62. The molecule has 1 aliphatic heterocycles. The first-order valence-corrected chi connectivity index (χ1v) is 10.1. The predicted molar refractivity (Wildman–Crippen MR) is 102 cm³/mol. The number of aromatic nitrogens is 3. The molecule has 2 N–H and O–H groups in total. The van der Waals surface area contributed by atoms with Gasteiger partial charge in [-0.15, -0.1) is 0 Å². The van der Waals surface area contributed by atoms with Crippen LogP contribution in [0.4, 0.5) is 11.5 Å². The molecule has 8 nitrogen and oxygen atoms in total. The molecule has 0 saturated heterocycles. The van der Waals surface area contributed by atoms with Gasteiger partial charge in [0, 0.05) is 28.9 Å². The maximum absolute atomic E-state index is 12.4.